The van der Waals surface area contributed by atoms with Crippen LogP contribution in [0.3, 0.4) is 0 Å². The van der Waals surface area contributed by atoms with Crippen LogP contribution in [0.2, 0.25) is 5.02 Å². The van der Waals surface area contributed by atoms with Gasteiger partial charge in [0, 0.05) is 19.3 Å². The number of hydrogen-bond acceptors (Lipinski definition) is 2. The molecule has 0 N–H and O–H groups in total. The largest absolute Gasteiger partial charge is 0.337 e. The molecule has 0 radical (unpaired) electrons. The van der Waals surface area contributed by atoms with E-state index in [1.54, 1.807) is 12.3 Å². The molecule has 1 aliphatic heterocycles. The van der Waals surface area contributed by atoms with Crippen LogP contribution in [0.5, 0.6) is 0 Å². The first-order valence-corrected chi connectivity index (χ1v) is 7.93. The number of piperidine rings is 1. The van der Waals surface area contributed by atoms with Crippen molar-refractivity contribution in [2.45, 2.75) is 33.1 Å². The van der Waals surface area contributed by atoms with E-state index >= 15 is 0 Å². The summed E-state index contributed by atoms with van der Waals surface area (Å²) in [6, 6.07) is 3.66. The van der Waals surface area contributed by atoms with Crippen molar-refractivity contribution in [2.24, 2.45) is 5.92 Å². The van der Waals surface area contributed by atoms with Gasteiger partial charge in [-0.1, -0.05) is 25.4 Å². The van der Waals surface area contributed by atoms with Crippen LogP contribution >= 0.6 is 11.6 Å². The summed E-state index contributed by atoms with van der Waals surface area (Å²) in [7, 11) is 0. The SMILES string of the molecule is CCc1nc2ccc(Cl)cn2c1C(=O)N1CCCC(C)C1. The fourth-order valence-electron chi connectivity index (χ4n) is 3.06. The molecule has 4 nitrogen and oxygen atoms in total. The van der Waals surface area contributed by atoms with Crippen molar-refractivity contribution < 1.29 is 4.79 Å². The number of amides is 1. The number of rotatable bonds is 2. The third kappa shape index (κ3) is 2.64. The highest BCUT2D eigenvalue weighted by Crippen LogP contribution is 2.22. The van der Waals surface area contributed by atoms with Crippen molar-refractivity contribution in [3.63, 3.8) is 0 Å². The Labute approximate surface area is 129 Å². The Morgan fingerprint density at radius 2 is 2.29 bits per heavy atom. The summed E-state index contributed by atoms with van der Waals surface area (Å²) in [5, 5.41) is 0.614. The molecule has 2 aromatic heterocycles. The summed E-state index contributed by atoms with van der Waals surface area (Å²) < 4.78 is 1.84. The van der Waals surface area contributed by atoms with E-state index in [1.807, 2.05) is 22.3 Å². The number of halogens is 1. The molecule has 5 heteroatoms. The minimum absolute atomic E-state index is 0.0770. The highest BCUT2D eigenvalue weighted by Gasteiger charge is 2.26. The van der Waals surface area contributed by atoms with Crippen LogP contribution in [0.15, 0.2) is 18.3 Å². The molecular weight excluding hydrogens is 286 g/mol. The summed E-state index contributed by atoms with van der Waals surface area (Å²) in [5.41, 5.74) is 2.30. The van der Waals surface area contributed by atoms with Crippen molar-refractivity contribution in [3.8, 4) is 0 Å². The van der Waals surface area contributed by atoms with Crippen molar-refractivity contribution >= 4 is 23.2 Å². The Bertz CT molecular complexity index is 679. The lowest BCUT2D eigenvalue weighted by Gasteiger charge is -2.31. The Kier molecular flexibility index (Phi) is 3.89. The van der Waals surface area contributed by atoms with Gasteiger partial charge in [-0.2, -0.15) is 0 Å². The maximum Gasteiger partial charge on any atom is 0.272 e. The molecular formula is C16H20ClN3O. The predicted octanol–water partition coefficient (Wildman–Crippen LogP) is 3.42. The van der Waals surface area contributed by atoms with Gasteiger partial charge in [-0.3, -0.25) is 9.20 Å². The maximum absolute atomic E-state index is 12.9. The number of carbonyl (C=O) groups is 1. The number of likely N-dealkylation sites (tertiary alicyclic amines) is 1. The summed E-state index contributed by atoms with van der Waals surface area (Å²) >= 11 is 6.08. The molecule has 0 aromatic carbocycles. The number of carbonyl (C=O) groups excluding carboxylic acids is 1. The van der Waals surface area contributed by atoms with E-state index in [9.17, 15) is 4.79 Å². The van der Waals surface area contributed by atoms with E-state index in [1.165, 1.54) is 6.42 Å². The van der Waals surface area contributed by atoms with Crippen LogP contribution in [0, 0.1) is 5.92 Å². The fraction of sp³-hybridized carbons (Fsp3) is 0.500. The molecule has 1 unspecified atom stereocenters. The second-order valence-electron chi connectivity index (χ2n) is 5.83. The highest BCUT2D eigenvalue weighted by atomic mass is 35.5. The van der Waals surface area contributed by atoms with Gasteiger partial charge in [-0.15, -0.1) is 0 Å². The number of hydrogen-bond donors (Lipinski definition) is 0. The summed E-state index contributed by atoms with van der Waals surface area (Å²) in [4.78, 5) is 19.5. The first-order chi connectivity index (χ1) is 10.1. The fourth-order valence-corrected chi connectivity index (χ4v) is 3.22. The number of nitrogens with zero attached hydrogens (tertiary/aromatic N) is 3. The van der Waals surface area contributed by atoms with Gasteiger partial charge in [-0.05, 0) is 37.3 Å². The zero-order chi connectivity index (χ0) is 15.0. The molecule has 0 saturated carbocycles. The van der Waals surface area contributed by atoms with Gasteiger partial charge >= 0.3 is 0 Å². The molecule has 1 amide bonds. The van der Waals surface area contributed by atoms with Crippen molar-refractivity contribution in [1.29, 1.82) is 0 Å². The van der Waals surface area contributed by atoms with Gasteiger partial charge in [-0.25, -0.2) is 4.98 Å². The third-order valence-corrected chi connectivity index (χ3v) is 4.36. The molecule has 112 valence electrons. The van der Waals surface area contributed by atoms with Gasteiger partial charge < -0.3 is 4.90 Å². The average Bonchev–Trinajstić information content (AvgIpc) is 2.84. The zero-order valence-electron chi connectivity index (χ0n) is 12.5. The molecule has 1 aliphatic rings. The second-order valence-corrected chi connectivity index (χ2v) is 6.27. The van der Waals surface area contributed by atoms with Crippen LogP contribution in [0.25, 0.3) is 5.65 Å². The van der Waals surface area contributed by atoms with Crippen molar-refractivity contribution in [3.05, 3.63) is 34.7 Å². The van der Waals surface area contributed by atoms with Crippen LogP contribution in [0.4, 0.5) is 0 Å². The number of imidazole rings is 1. The third-order valence-electron chi connectivity index (χ3n) is 4.14. The van der Waals surface area contributed by atoms with Crippen LogP contribution < -0.4 is 0 Å². The van der Waals surface area contributed by atoms with Crippen molar-refractivity contribution in [1.82, 2.24) is 14.3 Å². The molecule has 3 heterocycles. The number of aryl methyl sites for hydroxylation is 1. The summed E-state index contributed by atoms with van der Waals surface area (Å²) in [5.74, 6) is 0.642. The standard InChI is InChI=1S/C16H20ClN3O/c1-3-13-15(16(21)19-8-4-5-11(2)9-19)20-10-12(17)6-7-14(20)18-13/h6-7,10-11H,3-5,8-9H2,1-2H3. The minimum atomic E-state index is 0.0770. The molecule has 0 spiro atoms. The predicted molar refractivity (Wildman–Crippen MR) is 83.9 cm³/mol. The number of pyridine rings is 1. The van der Waals surface area contributed by atoms with E-state index in [-0.39, 0.29) is 5.91 Å². The summed E-state index contributed by atoms with van der Waals surface area (Å²) in [6.07, 6.45) is 4.79. The second kappa shape index (κ2) is 5.68. The smallest absolute Gasteiger partial charge is 0.272 e. The van der Waals surface area contributed by atoms with E-state index in [2.05, 4.69) is 11.9 Å². The van der Waals surface area contributed by atoms with E-state index in [0.29, 0.717) is 16.6 Å². The van der Waals surface area contributed by atoms with E-state index in [0.717, 1.165) is 37.3 Å². The van der Waals surface area contributed by atoms with Crippen molar-refractivity contribution in [2.75, 3.05) is 13.1 Å². The van der Waals surface area contributed by atoms with Gasteiger partial charge in [0.1, 0.15) is 11.3 Å². The molecule has 1 saturated heterocycles. The molecule has 2 aromatic rings. The van der Waals surface area contributed by atoms with Gasteiger partial charge in [0.15, 0.2) is 0 Å². The van der Waals surface area contributed by atoms with E-state index in [4.69, 9.17) is 11.6 Å². The van der Waals surface area contributed by atoms with E-state index < -0.39 is 0 Å². The number of fused-ring (bicyclic) bond motifs is 1. The lowest BCUT2D eigenvalue weighted by molar-refractivity contribution is 0.0675. The Morgan fingerprint density at radius 3 is 3.00 bits per heavy atom. The van der Waals surface area contributed by atoms with Crippen LogP contribution in [-0.4, -0.2) is 33.3 Å². The lowest BCUT2D eigenvalue weighted by Crippen LogP contribution is -2.40. The molecule has 1 atom stereocenters. The molecule has 3 rings (SSSR count). The quantitative estimate of drug-likeness (QED) is 0.852. The lowest BCUT2D eigenvalue weighted by atomic mass is 10.00. The normalized spacial score (nSPS) is 19.2. The van der Waals surface area contributed by atoms with Gasteiger partial charge in [0.25, 0.3) is 5.91 Å². The monoisotopic (exact) mass is 305 g/mol. The van der Waals surface area contributed by atoms with Gasteiger partial charge in [0.05, 0.1) is 10.7 Å². The Morgan fingerprint density at radius 1 is 1.48 bits per heavy atom. The molecule has 21 heavy (non-hydrogen) atoms. The van der Waals surface area contributed by atoms with Crippen LogP contribution in [0.1, 0.15) is 42.9 Å². The first-order valence-electron chi connectivity index (χ1n) is 7.56. The molecule has 0 aliphatic carbocycles. The molecule has 0 bridgehead atoms. The Hall–Kier alpha value is -1.55. The van der Waals surface area contributed by atoms with Crippen LogP contribution in [-0.2, 0) is 6.42 Å². The minimum Gasteiger partial charge on any atom is -0.337 e. The molecule has 1 fully saturated rings. The first kappa shape index (κ1) is 14.4. The average molecular weight is 306 g/mol. The summed E-state index contributed by atoms with van der Waals surface area (Å²) in [6.45, 7) is 5.89. The topological polar surface area (TPSA) is 37.6 Å². The highest BCUT2D eigenvalue weighted by molar-refractivity contribution is 6.30. The van der Waals surface area contributed by atoms with Gasteiger partial charge in [0.2, 0.25) is 0 Å². The number of aromatic nitrogens is 2. The Balaban J connectivity index is 2.05. The zero-order valence-corrected chi connectivity index (χ0v) is 13.2. The maximum atomic E-state index is 12.9.